The van der Waals surface area contributed by atoms with Crippen molar-refractivity contribution in [2.45, 2.75) is 59.7 Å². The van der Waals surface area contributed by atoms with Gasteiger partial charge >= 0.3 is 11.9 Å². The maximum Gasteiger partial charge on any atom is 0.323 e. The Morgan fingerprint density at radius 1 is 0.903 bits per heavy atom. The monoisotopic (exact) mass is 426 g/mol. The second-order valence-corrected chi connectivity index (χ2v) is 9.50. The first kappa shape index (κ1) is 24.4. The van der Waals surface area contributed by atoms with Gasteiger partial charge in [-0.25, -0.2) is 0 Å². The van der Waals surface area contributed by atoms with Crippen LogP contribution >= 0.6 is 0 Å². The van der Waals surface area contributed by atoms with Gasteiger partial charge in [0.1, 0.15) is 12.1 Å². The molecule has 0 atom stereocenters. The number of carboxylic acid groups (broad SMARTS) is 1. The summed E-state index contributed by atoms with van der Waals surface area (Å²) in [5, 5.41) is 9.32. The highest BCUT2D eigenvalue weighted by Gasteiger charge is 2.32. The zero-order valence-corrected chi connectivity index (χ0v) is 19.1. The largest absolute Gasteiger partial charge is 0.480 e. The van der Waals surface area contributed by atoms with Gasteiger partial charge < -0.3 is 20.5 Å². The summed E-state index contributed by atoms with van der Waals surface area (Å²) >= 11 is 0. The van der Waals surface area contributed by atoms with Gasteiger partial charge in [-0.05, 0) is 69.9 Å². The van der Waals surface area contributed by atoms with E-state index in [-0.39, 0.29) is 12.5 Å². The number of hydrogen-bond acceptors (Lipinski definition) is 5. The predicted molar refractivity (Wildman–Crippen MR) is 123 cm³/mol. The van der Waals surface area contributed by atoms with Gasteiger partial charge in [-0.3, -0.25) is 9.59 Å². The maximum absolute atomic E-state index is 12.5. The van der Waals surface area contributed by atoms with E-state index in [1.54, 1.807) is 0 Å². The number of carboxylic acids is 1. The Balaban J connectivity index is 2.11. The molecule has 0 saturated heterocycles. The summed E-state index contributed by atoms with van der Waals surface area (Å²) < 4.78 is 5.54. The minimum absolute atomic E-state index is 0.102. The third kappa shape index (κ3) is 7.72. The summed E-state index contributed by atoms with van der Waals surface area (Å²) in [6.07, 6.45) is 0.557. The fourth-order valence-corrected chi connectivity index (χ4v) is 3.23. The Bertz CT molecular complexity index is 881. The lowest BCUT2D eigenvalue weighted by Crippen LogP contribution is -2.35. The van der Waals surface area contributed by atoms with Gasteiger partial charge in [0.2, 0.25) is 0 Å². The number of esters is 1. The normalized spacial score (nSPS) is 11.8. The van der Waals surface area contributed by atoms with E-state index >= 15 is 0 Å². The molecule has 2 aromatic carbocycles. The van der Waals surface area contributed by atoms with Crippen LogP contribution in [0.15, 0.2) is 48.5 Å². The Morgan fingerprint density at radius 3 is 1.90 bits per heavy atom. The second-order valence-electron chi connectivity index (χ2n) is 9.50. The van der Waals surface area contributed by atoms with Crippen LogP contribution in [0, 0.1) is 5.41 Å². The third-order valence-corrected chi connectivity index (χ3v) is 4.86. The highest BCUT2D eigenvalue weighted by atomic mass is 16.6. The number of nitrogens with zero attached hydrogens (tertiary/aromatic N) is 1. The van der Waals surface area contributed by atoms with Gasteiger partial charge in [-0.2, -0.15) is 0 Å². The molecule has 0 aliphatic heterocycles. The van der Waals surface area contributed by atoms with Crippen LogP contribution in [-0.4, -0.2) is 29.2 Å². The number of hydrogen-bond donors (Lipinski definition) is 2. The molecule has 0 radical (unpaired) electrons. The van der Waals surface area contributed by atoms with E-state index in [1.807, 2.05) is 88.0 Å². The number of ether oxygens (including phenoxy) is 1. The molecule has 2 rings (SSSR count). The number of aliphatic carboxylic acids is 1. The van der Waals surface area contributed by atoms with Gasteiger partial charge in [-0.15, -0.1) is 0 Å². The summed E-state index contributed by atoms with van der Waals surface area (Å²) in [5.41, 5.74) is 8.32. The fraction of sp³-hybridized carbons (Fsp3) is 0.440. The number of benzene rings is 2. The highest BCUT2D eigenvalue weighted by Crippen LogP contribution is 2.27. The molecule has 2 aromatic rings. The lowest BCUT2D eigenvalue weighted by molar-refractivity contribution is -0.165. The Morgan fingerprint density at radius 2 is 1.42 bits per heavy atom. The lowest BCUT2D eigenvalue weighted by Gasteiger charge is -2.28. The van der Waals surface area contributed by atoms with Crippen LogP contribution in [0.2, 0.25) is 0 Å². The van der Waals surface area contributed by atoms with Crippen LogP contribution in [-0.2, 0) is 33.8 Å². The fourth-order valence-electron chi connectivity index (χ4n) is 3.23. The number of carbonyl (C=O) groups excluding carboxylic acids is 1. The van der Waals surface area contributed by atoms with Crippen LogP contribution in [0.5, 0.6) is 0 Å². The average Bonchev–Trinajstić information content (AvgIpc) is 2.67. The Labute approximate surface area is 185 Å². The van der Waals surface area contributed by atoms with Gasteiger partial charge in [0.15, 0.2) is 0 Å². The second kappa shape index (κ2) is 9.96. The number of anilines is 1. The molecule has 0 unspecified atom stereocenters. The van der Waals surface area contributed by atoms with E-state index in [9.17, 15) is 14.7 Å². The van der Waals surface area contributed by atoms with Crippen molar-refractivity contribution in [3.8, 4) is 0 Å². The molecule has 0 saturated carbocycles. The number of rotatable bonds is 9. The molecular weight excluding hydrogens is 392 g/mol. The predicted octanol–water partition coefficient (Wildman–Crippen LogP) is 4.15. The maximum atomic E-state index is 12.5. The molecule has 31 heavy (non-hydrogen) atoms. The van der Waals surface area contributed by atoms with Crippen molar-refractivity contribution in [1.82, 2.24) is 0 Å². The van der Waals surface area contributed by atoms with Gasteiger partial charge in [0, 0.05) is 18.8 Å². The summed E-state index contributed by atoms with van der Waals surface area (Å²) in [7, 11) is 0. The van der Waals surface area contributed by atoms with Crippen molar-refractivity contribution in [3.05, 3.63) is 65.2 Å². The van der Waals surface area contributed by atoms with E-state index in [0.717, 1.165) is 22.4 Å². The molecular formula is C25H34N2O4. The molecule has 0 aromatic heterocycles. The molecule has 6 nitrogen and oxygen atoms in total. The minimum atomic E-state index is -0.890. The van der Waals surface area contributed by atoms with Crippen molar-refractivity contribution in [2.24, 2.45) is 11.1 Å². The van der Waals surface area contributed by atoms with Crippen molar-refractivity contribution in [3.63, 3.8) is 0 Å². The van der Waals surface area contributed by atoms with Crippen LogP contribution in [0.4, 0.5) is 5.69 Å². The number of carbonyl (C=O) groups is 2. The van der Waals surface area contributed by atoms with Crippen molar-refractivity contribution in [2.75, 3.05) is 11.4 Å². The van der Waals surface area contributed by atoms with Crippen molar-refractivity contribution in [1.29, 1.82) is 0 Å². The van der Waals surface area contributed by atoms with E-state index < -0.39 is 17.0 Å². The topological polar surface area (TPSA) is 92.9 Å². The molecule has 0 fully saturated rings. The molecule has 168 valence electrons. The third-order valence-electron chi connectivity index (χ3n) is 4.86. The zero-order chi connectivity index (χ0) is 23.2. The Hall–Kier alpha value is -2.86. The molecule has 0 amide bonds. The summed E-state index contributed by atoms with van der Waals surface area (Å²) in [5.74, 6) is -1.11. The summed E-state index contributed by atoms with van der Waals surface area (Å²) in [6, 6.07) is 15.5. The lowest BCUT2D eigenvalue weighted by atomic mass is 9.85. The zero-order valence-electron chi connectivity index (χ0n) is 19.1. The molecule has 0 bridgehead atoms. The minimum Gasteiger partial charge on any atom is -0.480 e. The molecule has 0 aliphatic rings. The highest BCUT2D eigenvalue weighted by molar-refractivity contribution is 5.76. The van der Waals surface area contributed by atoms with Crippen molar-refractivity contribution >= 4 is 17.6 Å². The molecule has 6 heteroatoms. The summed E-state index contributed by atoms with van der Waals surface area (Å²) in [4.78, 5) is 25.7. The standard InChI is InChI=1S/C25H34N2O4/c1-24(2,3)31-23(30)25(4,5)14-18-6-8-20(9-7-18)16-27(17-22(28)29)21-12-10-19(15-26)11-13-21/h6-13H,14-17,26H2,1-5H3,(H,28,29). The molecule has 0 spiro atoms. The van der Waals surface area contributed by atoms with Crippen LogP contribution in [0.25, 0.3) is 0 Å². The van der Waals surface area contributed by atoms with Gasteiger partial charge in [0.25, 0.3) is 0 Å². The van der Waals surface area contributed by atoms with E-state index in [2.05, 4.69) is 0 Å². The number of nitrogens with two attached hydrogens (primary N) is 1. The van der Waals surface area contributed by atoms with E-state index in [4.69, 9.17) is 10.5 Å². The average molecular weight is 427 g/mol. The van der Waals surface area contributed by atoms with E-state index in [1.165, 1.54) is 0 Å². The quantitative estimate of drug-likeness (QED) is 0.585. The first-order valence-corrected chi connectivity index (χ1v) is 10.5. The molecule has 3 N–H and O–H groups in total. The van der Waals surface area contributed by atoms with E-state index in [0.29, 0.717) is 19.5 Å². The molecule has 0 aliphatic carbocycles. The SMILES string of the molecule is CC(C)(C)OC(=O)C(C)(C)Cc1ccc(CN(CC(=O)O)c2ccc(CN)cc2)cc1. The van der Waals surface area contributed by atoms with Crippen LogP contribution in [0.1, 0.15) is 51.3 Å². The van der Waals surface area contributed by atoms with Gasteiger partial charge in [-0.1, -0.05) is 36.4 Å². The smallest absolute Gasteiger partial charge is 0.323 e. The van der Waals surface area contributed by atoms with Gasteiger partial charge in [0.05, 0.1) is 5.41 Å². The first-order valence-electron chi connectivity index (χ1n) is 10.5. The summed E-state index contributed by atoms with van der Waals surface area (Å²) in [6.45, 7) is 10.2. The first-order chi connectivity index (χ1) is 14.4. The Kier molecular flexibility index (Phi) is 7.85. The van der Waals surface area contributed by atoms with Crippen molar-refractivity contribution < 1.29 is 19.4 Å². The van der Waals surface area contributed by atoms with Crippen LogP contribution < -0.4 is 10.6 Å². The molecule has 0 heterocycles. The van der Waals surface area contributed by atoms with Crippen LogP contribution in [0.3, 0.4) is 0 Å².